The molecule has 0 atom stereocenters. The Morgan fingerprint density at radius 1 is 1.16 bits per heavy atom. The highest BCUT2D eigenvalue weighted by Gasteiger charge is 2.54. The molecule has 0 spiro atoms. The second-order valence-corrected chi connectivity index (χ2v) is 11.0. The molecule has 2 aromatic rings. The van der Waals surface area contributed by atoms with E-state index >= 15 is 0 Å². The van der Waals surface area contributed by atoms with Gasteiger partial charge in [-0.05, 0) is 56.4 Å². The highest BCUT2D eigenvalue weighted by Crippen LogP contribution is 2.42. The summed E-state index contributed by atoms with van der Waals surface area (Å²) in [6, 6.07) is 5.10. The minimum atomic E-state index is -4.03. The molecule has 0 unspecified atom stereocenters. The van der Waals surface area contributed by atoms with Crippen molar-refractivity contribution in [1.82, 2.24) is 4.98 Å². The number of amides is 1. The van der Waals surface area contributed by atoms with Gasteiger partial charge in [0.05, 0.1) is 14.9 Å². The zero-order valence-electron chi connectivity index (χ0n) is 18.0. The third-order valence-corrected chi connectivity index (χ3v) is 9.19. The molecule has 10 heteroatoms. The van der Waals surface area contributed by atoms with E-state index in [1.807, 2.05) is 6.07 Å². The van der Waals surface area contributed by atoms with Crippen molar-refractivity contribution in [2.45, 2.75) is 56.1 Å². The van der Waals surface area contributed by atoms with E-state index in [1.54, 1.807) is 32.9 Å². The first-order chi connectivity index (χ1) is 15.0. The van der Waals surface area contributed by atoms with Gasteiger partial charge in [-0.25, -0.2) is 13.4 Å². The number of hydrogen-bond donors (Lipinski definition) is 1. The highest BCUT2D eigenvalue weighted by molar-refractivity contribution is 7.93. The Morgan fingerprint density at radius 2 is 1.81 bits per heavy atom. The summed E-state index contributed by atoms with van der Waals surface area (Å²) < 4.78 is 30.7. The van der Waals surface area contributed by atoms with Crippen LogP contribution in [0.15, 0.2) is 29.3 Å². The second-order valence-electron chi connectivity index (χ2n) is 7.99. The molecule has 32 heavy (non-hydrogen) atoms. The van der Waals surface area contributed by atoms with E-state index in [2.05, 4.69) is 10.3 Å². The van der Waals surface area contributed by atoms with E-state index in [9.17, 15) is 18.0 Å². The minimum Gasteiger partial charge on any atom is -0.454 e. The molecule has 0 saturated heterocycles. The molecular formula is C22H24Cl2N2O5S. The number of esters is 1. The fourth-order valence-corrected chi connectivity index (χ4v) is 6.56. The van der Waals surface area contributed by atoms with Gasteiger partial charge in [0.1, 0.15) is 0 Å². The predicted molar refractivity (Wildman–Crippen MR) is 123 cm³/mol. The number of nitrogens with zero attached hydrogens (tertiary/aromatic N) is 1. The fourth-order valence-electron chi connectivity index (χ4n) is 3.81. The second kappa shape index (κ2) is 9.37. The van der Waals surface area contributed by atoms with E-state index in [4.69, 9.17) is 27.9 Å². The summed E-state index contributed by atoms with van der Waals surface area (Å²) in [5, 5.41) is 2.97. The van der Waals surface area contributed by atoms with E-state index < -0.39 is 33.1 Å². The van der Waals surface area contributed by atoms with Gasteiger partial charge in [-0.2, -0.15) is 0 Å². The zero-order chi connectivity index (χ0) is 23.7. The van der Waals surface area contributed by atoms with Gasteiger partial charge in [0.25, 0.3) is 5.91 Å². The first-order valence-electron chi connectivity index (χ1n) is 10.1. The van der Waals surface area contributed by atoms with Crippen molar-refractivity contribution in [3.63, 3.8) is 0 Å². The number of pyridine rings is 1. The Labute approximate surface area is 197 Å². The van der Waals surface area contributed by atoms with Crippen LogP contribution in [-0.4, -0.2) is 36.6 Å². The van der Waals surface area contributed by atoms with Crippen LogP contribution >= 0.6 is 23.2 Å². The van der Waals surface area contributed by atoms with Crippen molar-refractivity contribution in [3.05, 3.63) is 51.1 Å². The Kier molecular flexibility index (Phi) is 7.17. The van der Waals surface area contributed by atoms with Crippen molar-refractivity contribution < 1.29 is 22.7 Å². The summed E-state index contributed by atoms with van der Waals surface area (Å²) in [5.41, 5.74) is 1.88. The number of benzene rings is 1. The van der Waals surface area contributed by atoms with Crippen LogP contribution in [0, 0.1) is 20.8 Å². The number of hydrogen-bond acceptors (Lipinski definition) is 6. The molecule has 1 heterocycles. The lowest BCUT2D eigenvalue weighted by atomic mass is 10.1. The fraction of sp³-hybridized carbons (Fsp3) is 0.409. The summed E-state index contributed by atoms with van der Waals surface area (Å²) in [6.07, 6.45) is 2.79. The van der Waals surface area contributed by atoms with Crippen molar-refractivity contribution in [1.29, 1.82) is 0 Å². The lowest BCUT2D eigenvalue weighted by Crippen LogP contribution is -2.46. The molecule has 3 rings (SSSR count). The predicted octanol–water partition coefficient (Wildman–Crippen LogP) is 4.58. The summed E-state index contributed by atoms with van der Waals surface area (Å²) in [7, 11) is -4.03. The molecule has 1 aromatic heterocycles. The first kappa shape index (κ1) is 24.5. The van der Waals surface area contributed by atoms with Gasteiger partial charge >= 0.3 is 5.97 Å². The number of sulfone groups is 1. The first-order valence-corrected chi connectivity index (χ1v) is 12.3. The summed E-state index contributed by atoms with van der Waals surface area (Å²) in [5.74, 6) is -1.53. The number of carbonyl (C=O) groups excluding carboxylic acids is 2. The average molecular weight is 499 g/mol. The van der Waals surface area contributed by atoms with E-state index in [1.165, 1.54) is 6.20 Å². The van der Waals surface area contributed by atoms with Crippen LogP contribution in [0.25, 0.3) is 0 Å². The third-order valence-electron chi connectivity index (χ3n) is 5.73. The Balaban J connectivity index is 1.79. The van der Waals surface area contributed by atoms with Crippen molar-refractivity contribution >= 4 is 50.7 Å². The summed E-state index contributed by atoms with van der Waals surface area (Å²) >= 11 is 12.1. The molecule has 1 fully saturated rings. The number of rotatable bonds is 6. The largest absolute Gasteiger partial charge is 0.454 e. The molecule has 0 radical (unpaired) electrons. The third kappa shape index (κ3) is 4.49. The normalized spacial score (nSPS) is 15.4. The lowest BCUT2D eigenvalue weighted by Gasteiger charge is -2.27. The molecule has 1 N–H and O–H groups in total. The van der Waals surface area contributed by atoms with Crippen LogP contribution in [-0.2, 0) is 24.2 Å². The van der Waals surface area contributed by atoms with Crippen LogP contribution in [0.4, 0.5) is 5.82 Å². The molecule has 172 valence electrons. The van der Waals surface area contributed by atoms with Crippen LogP contribution in [0.5, 0.6) is 0 Å². The van der Waals surface area contributed by atoms with Crippen LogP contribution in [0.3, 0.4) is 0 Å². The van der Waals surface area contributed by atoms with Crippen LogP contribution in [0.2, 0.25) is 10.0 Å². The monoisotopic (exact) mass is 498 g/mol. The maximum atomic E-state index is 13.6. The smallest absolute Gasteiger partial charge is 0.328 e. The number of nitrogens with one attached hydrogen (secondary N) is 1. The maximum absolute atomic E-state index is 13.6. The Hall–Kier alpha value is -2.16. The van der Waals surface area contributed by atoms with Gasteiger partial charge in [-0.1, -0.05) is 48.2 Å². The van der Waals surface area contributed by atoms with Gasteiger partial charge in [-0.3, -0.25) is 9.59 Å². The van der Waals surface area contributed by atoms with Gasteiger partial charge in [0, 0.05) is 6.20 Å². The molecule has 1 saturated carbocycles. The quantitative estimate of drug-likeness (QED) is 0.584. The molecular weight excluding hydrogens is 475 g/mol. The van der Waals surface area contributed by atoms with Crippen molar-refractivity contribution in [2.75, 3.05) is 11.9 Å². The summed E-state index contributed by atoms with van der Waals surface area (Å²) in [6.45, 7) is 4.49. The van der Waals surface area contributed by atoms with Crippen molar-refractivity contribution in [2.24, 2.45) is 0 Å². The van der Waals surface area contributed by atoms with E-state index in [-0.39, 0.29) is 28.6 Å². The van der Waals surface area contributed by atoms with Gasteiger partial charge < -0.3 is 10.1 Å². The number of anilines is 1. The zero-order valence-corrected chi connectivity index (χ0v) is 20.3. The van der Waals surface area contributed by atoms with Crippen LogP contribution < -0.4 is 5.32 Å². The van der Waals surface area contributed by atoms with Gasteiger partial charge in [0.2, 0.25) is 0 Å². The molecule has 0 bridgehead atoms. The maximum Gasteiger partial charge on any atom is 0.328 e. The van der Waals surface area contributed by atoms with Gasteiger partial charge in [0.15, 0.2) is 27.0 Å². The number of aryl methyl sites for hydroxylation is 2. The highest BCUT2D eigenvalue weighted by atomic mass is 35.5. The van der Waals surface area contributed by atoms with Gasteiger partial charge in [-0.15, -0.1) is 0 Å². The standard InChI is InChI=1S/C22H24Cl2N2O5S/c1-13-6-7-14(2)17(10-13)32(29,30)22(8-4-5-9-22)21(28)31-12-18(27)26-20-19(24)15(3)16(23)11-25-20/h6-7,10-11H,4-5,8-9,12H2,1-3H3,(H,25,26,27). The molecule has 7 nitrogen and oxygen atoms in total. The topological polar surface area (TPSA) is 102 Å². The SMILES string of the molecule is Cc1ccc(C)c(S(=O)(=O)C2(C(=O)OCC(=O)Nc3ncc(Cl)c(C)c3Cl)CCCC2)c1. The number of carbonyl (C=O) groups is 2. The van der Waals surface area contributed by atoms with E-state index in [0.717, 1.165) is 5.56 Å². The number of halogens is 2. The molecule has 1 amide bonds. The number of aromatic nitrogens is 1. The molecule has 1 aliphatic rings. The molecule has 0 aliphatic heterocycles. The summed E-state index contributed by atoms with van der Waals surface area (Å²) in [4.78, 5) is 29.5. The molecule has 1 aromatic carbocycles. The Bertz CT molecular complexity index is 1180. The van der Waals surface area contributed by atoms with Crippen molar-refractivity contribution in [3.8, 4) is 0 Å². The lowest BCUT2D eigenvalue weighted by molar-refractivity contribution is -0.150. The van der Waals surface area contributed by atoms with Crippen LogP contribution in [0.1, 0.15) is 42.4 Å². The number of ether oxygens (including phenoxy) is 1. The minimum absolute atomic E-state index is 0.0770. The Morgan fingerprint density at radius 3 is 2.47 bits per heavy atom. The average Bonchev–Trinajstić information content (AvgIpc) is 3.26. The van der Waals surface area contributed by atoms with E-state index in [0.29, 0.717) is 29.0 Å². The molecule has 1 aliphatic carbocycles.